The fraction of sp³-hybridized carbons (Fsp3) is 0.571. The molecule has 0 radical (unpaired) electrons. The summed E-state index contributed by atoms with van der Waals surface area (Å²) in [6.45, 7) is 9.73. The van der Waals surface area contributed by atoms with E-state index in [-0.39, 0.29) is 6.61 Å². The van der Waals surface area contributed by atoms with E-state index in [9.17, 15) is 5.11 Å². The fourth-order valence-corrected chi connectivity index (χ4v) is 2.14. The van der Waals surface area contributed by atoms with E-state index in [0.29, 0.717) is 17.0 Å². The number of benzene rings is 1. The average molecular weight is 256 g/mol. The molecule has 0 aromatic heterocycles. The summed E-state index contributed by atoms with van der Waals surface area (Å²) in [5.74, 6) is 0.583. The van der Waals surface area contributed by atoms with Crippen molar-refractivity contribution in [2.75, 3.05) is 11.4 Å². The van der Waals surface area contributed by atoms with Gasteiger partial charge in [0.2, 0.25) is 0 Å². The monoisotopic (exact) mass is 255 g/mol. The first-order chi connectivity index (χ1) is 7.95. The van der Waals surface area contributed by atoms with E-state index in [1.54, 1.807) is 0 Å². The van der Waals surface area contributed by atoms with Crippen LogP contribution in [0.15, 0.2) is 18.2 Å². The molecule has 3 heteroatoms. The van der Waals surface area contributed by atoms with Crippen molar-refractivity contribution in [3.8, 4) is 0 Å². The smallest absolute Gasteiger partial charge is 0.0702 e. The van der Waals surface area contributed by atoms with Gasteiger partial charge in [-0.15, -0.1) is 0 Å². The molecule has 1 rings (SSSR count). The summed E-state index contributed by atoms with van der Waals surface area (Å²) in [6.07, 6.45) is 0. The summed E-state index contributed by atoms with van der Waals surface area (Å²) in [6, 6.07) is 6.12. The molecule has 0 atom stereocenters. The number of aliphatic hydroxyl groups excluding tert-OH is 1. The van der Waals surface area contributed by atoms with Crippen LogP contribution in [0, 0.1) is 5.92 Å². The number of nitrogens with zero attached hydrogens (tertiary/aromatic N) is 1. The molecule has 1 aromatic carbocycles. The number of hydrogen-bond donors (Lipinski definition) is 1. The Morgan fingerprint density at radius 3 is 2.35 bits per heavy atom. The van der Waals surface area contributed by atoms with Gasteiger partial charge in [-0.05, 0) is 38.0 Å². The second-order valence-corrected chi connectivity index (χ2v) is 5.51. The minimum Gasteiger partial charge on any atom is -0.392 e. The Kier molecular flexibility index (Phi) is 5.29. The molecule has 0 fully saturated rings. The summed E-state index contributed by atoms with van der Waals surface area (Å²) in [7, 11) is 0. The molecule has 1 aromatic rings. The number of halogens is 1. The molecule has 1 N–H and O–H groups in total. The molecule has 0 unspecified atom stereocenters. The average Bonchev–Trinajstić information content (AvgIpc) is 2.25. The molecule has 0 spiro atoms. The molecule has 0 saturated heterocycles. The summed E-state index contributed by atoms with van der Waals surface area (Å²) in [5, 5.41) is 10.1. The highest BCUT2D eigenvalue weighted by molar-refractivity contribution is 6.30. The second kappa shape index (κ2) is 6.27. The molecule has 0 aliphatic heterocycles. The van der Waals surface area contributed by atoms with Crippen molar-refractivity contribution in [1.82, 2.24) is 0 Å². The van der Waals surface area contributed by atoms with Gasteiger partial charge in [0, 0.05) is 28.9 Å². The molecular weight excluding hydrogens is 234 g/mol. The van der Waals surface area contributed by atoms with Crippen molar-refractivity contribution in [2.45, 2.75) is 40.3 Å². The van der Waals surface area contributed by atoms with Gasteiger partial charge in [0.05, 0.1) is 6.61 Å². The zero-order valence-corrected chi connectivity index (χ0v) is 11.8. The van der Waals surface area contributed by atoms with Crippen LogP contribution in [0.3, 0.4) is 0 Å². The highest BCUT2D eigenvalue weighted by atomic mass is 35.5. The van der Waals surface area contributed by atoms with Crippen molar-refractivity contribution in [2.24, 2.45) is 5.92 Å². The zero-order chi connectivity index (χ0) is 13.0. The van der Waals surface area contributed by atoms with E-state index >= 15 is 0 Å². The number of rotatable bonds is 5. The van der Waals surface area contributed by atoms with Crippen LogP contribution in [0.1, 0.15) is 33.3 Å². The third kappa shape index (κ3) is 3.90. The van der Waals surface area contributed by atoms with E-state index in [2.05, 4.69) is 32.6 Å². The fourth-order valence-electron chi connectivity index (χ4n) is 1.94. The number of aliphatic hydroxyl groups is 1. The van der Waals surface area contributed by atoms with Gasteiger partial charge >= 0.3 is 0 Å². The van der Waals surface area contributed by atoms with Gasteiger partial charge in [-0.25, -0.2) is 0 Å². The topological polar surface area (TPSA) is 23.5 Å². The molecule has 0 aliphatic rings. The highest BCUT2D eigenvalue weighted by Gasteiger charge is 2.15. The minimum atomic E-state index is 0.0250. The lowest BCUT2D eigenvalue weighted by Gasteiger charge is -2.32. The van der Waals surface area contributed by atoms with E-state index < -0.39 is 0 Å². The normalized spacial score (nSPS) is 11.3. The molecule has 2 nitrogen and oxygen atoms in total. The van der Waals surface area contributed by atoms with Crippen LogP contribution in [0.5, 0.6) is 0 Å². The van der Waals surface area contributed by atoms with E-state index in [1.165, 1.54) is 0 Å². The molecule has 0 heterocycles. The quantitative estimate of drug-likeness (QED) is 0.867. The lowest BCUT2D eigenvalue weighted by molar-refractivity contribution is 0.281. The summed E-state index contributed by atoms with van der Waals surface area (Å²) < 4.78 is 0. The van der Waals surface area contributed by atoms with Gasteiger partial charge < -0.3 is 10.0 Å². The van der Waals surface area contributed by atoms with Crippen LogP contribution in [0.2, 0.25) is 5.02 Å². The number of anilines is 1. The molecule has 0 saturated carbocycles. The van der Waals surface area contributed by atoms with E-state index in [0.717, 1.165) is 17.8 Å². The maximum Gasteiger partial charge on any atom is 0.0702 e. The maximum atomic E-state index is 9.42. The first-order valence-electron chi connectivity index (χ1n) is 6.11. The van der Waals surface area contributed by atoms with Crippen molar-refractivity contribution in [3.63, 3.8) is 0 Å². The van der Waals surface area contributed by atoms with Gasteiger partial charge in [0.1, 0.15) is 0 Å². The minimum absolute atomic E-state index is 0.0250. The Balaban J connectivity index is 3.08. The Bertz CT molecular complexity index is 363. The third-order valence-electron chi connectivity index (χ3n) is 2.71. The Labute approximate surface area is 109 Å². The SMILES string of the molecule is CC(C)CN(c1ccc(Cl)cc1CO)C(C)C. The van der Waals surface area contributed by atoms with Gasteiger partial charge in [0.25, 0.3) is 0 Å². The van der Waals surface area contributed by atoms with Gasteiger partial charge in [-0.1, -0.05) is 25.4 Å². The zero-order valence-electron chi connectivity index (χ0n) is 11.1. The molecule has 0 aliphatic carbocycles. The van der Waals surface area contributed by atoms with Crippen molar-refractivity contribution < 1.29 is 5.11 Å². The summed E-state index contributed by atoms with van der Waals surface area (Å²) >= 11 is 5.96. The van der Waals surface area contributed by atoms with Crippen molar-refractivity contribution in [3.05, 3.63) is 28.8 Å². The first kappa shape index (κ1) is 14.3. The van der Waals surface area contributed by atoms with Crippen LogP contribution in [0.4, 0.5) is 5.69 Å². The van der Waals surface area contributed by atoms with Gasteiger partial charge in [0.15, 0.2) is 0 Å². The van der Waals surface area contributed by atoms with Crippen molar-refractivity contribution >= 4 is 17.3 Å². The Hall–Kier alpha value is -0.730. The molecule has 96 valence electrons. The Morgan fingerprint density at radius 1 is 1.24 bits per heavy atom. The van der Waals surface area contributed by atoms with Crippen LogP contribution >= 0.6 is 11.6 Å². The third-order valence-corrected chi connectivity index (χ3v) is 2.94. The summed E-state index contributed by atoms with van der Waals surface area (Å²) in [5.41, 5.74) is 1.98. The predicted molar refractivity (Wildman–Crippen MR) is 74.7 cm³/mol. The van der Waals surface area contributed by atoms with Crippen LogP contribution in [-0.2, 0) is 6.61 Å². The van der Waals surface area contributed by atoms with Crippen molar-refractivity contribution in [1.29, 1.82) is 0 Å². The van der Waals surface area contributed by atoms with Gasteiger partial charge in [-0.2, -0.15) is 0 Å². The maximum absolute atomic E-state index is 9.42. The standard InChI is InChI=1S/C14H22ClNO/c1-10(2)8-16(11(3)4)14-6-5-13(15)7-12(14)9-17/h5-7,10-11,17H,8-9H2,1-4H3. The molecule has 17 heavy (non-hydrogen) atoms. The largest absolute Gasteiger partial charge is 0.392 e. The van der Waals surface area contributed by atoms with Crippen LogP contribution < -0.4 is 4.90 Å². The van der Waals surface area contributed by atoms with Crippen LogP contribution in [0.25, 0.3) is 0 Å². The molecular formula is C14H22ClNO. The summed E-state index contributed by atoms with van der Waals surface area (Å²) in [4.78, 5) is 2.31. The first-order valence-corrected chi connectivity index (χ1v) is 6.49. The van der Waals surface area contributed by atoms with E-state index in [1.807, 2.05) is 18.2 Å². The van der Waals surface area contributed by atoms with Crippen LogP contribution in [-0.4, -0.2) is 17.7 Å². The Morgan fingerprint density at radius 2 is 1.88 bits per heavy atom. The number of hydrogen-bond acceptors (Lipinski definition) is 2. The molecule has 0 amide bonds. The van der Waals surface area contributed by atoms with E-state index in [4.69, 9.17) is 11.6 Å². The second-order valence-electron chi connectivity index (χ2n) is 5.07. The van der Waals surface area contributed by atoms with Gasteiger partial charge in [-0.3, -0.25) is 0 Å². The highest BCUT2D eigenvalue weighted by Crippen LogP contribution is 2.26. The lowest BCUT2D eigenvalue weighted by atomic mass is 10.1. The molecule has 0 bridgehead atoms. The predicted octanol–water partition coefficient (Wildman–Crippen LogP) is 3.70. The lowest BCUT2D eigenvalue weighted by Crippen LogP contribution is -2.34.